The number of carbonyl (C=O) groups excluding carboxylic acids is 4. The molecule has 0 saturated carbocycles. The lowest BCUT2D eigenvalue weighted by Gasteiger charge is -2.35. The average Bonchev–Trinajstić information content (AvgIpc) is 3.15. The highest BCUT2D eigenvalue weighted by molar-refractivity contribution is 5.96. The molecule has 0 saturated heterocycles. The monoisotopic (exact) mass is 738 g/mol. The molecular weight excluding hydrogens is 688 g/mol. The van der Waals surface area contributed by atoms with Crippen molar-refractivity contribution in [2.75, 3.05) is 0 Å². The molecule has 0 fully saturated rings. The van der Waals surface area contributed by atoms with Crippen molar-refractivity contribution < 1.29 is 29.4 Å². The lowest BCUT2D eigenvalue weighted by molar-refractivity contribution is -0.129. The molecule has 6 atom stereocenters. The van der Waals surface area contributed by atoms with E-state index in [1.807, 2.05) is 60.7 Å². The highest BCUT2D eigenvalue weighted by atomic mass is 16.3. The molecule has 4 amide bonds. The fraction of sp³-hybridized carbons (Fsp3) is 0.400. The Hall–Kier alpha value is -5.60. The van der Waals surface area contributed by atoms with Crippen molar-refractivity contribution in [2.24, 2.45) is 11.8 Å². The molecule has 4 rings (SSSR count). The number of hydrogen-bond acceptors (Lipinski definition) is 10. The van der Waals surface area contributed by atoms with Crippen molar-refractivity contribution in [1.29, 1.82) is 0 Å². The number of benzene rings is 2. The van der Waals surface area contributed by atoms with Crippen LogP contribution in [0.3, 0.4) is 0 Å². The molecule has 0 radical (unpaired) electrons. The zero-order valence-electron chi connectivity index (χ0n) is 31.4. The Morgan fingerprint density at radius 3 is 1.19 bits per heavy atom. The predicted molar refractivity (Wildman–Crippen MR) is 202 cm³/mol. The van der Waals surface area contributed by atoms with Gasteiger partial charge >= 0.3 is 0 Å². The van der Waals surface area contributed by atoms with Crippen LogP contribution in [0, 0.1) is 25.7 Å². The van der Waals surface area contributed by atoms with Crippen LogP contribution in [0.25, 0.3) is 0 Å². The van der Waals surface area contributed by atoms with Gasteiger partial charge < -0.3 is 31.5 Å². The van der Waals surface area contributed by atoms with Crippen LogP contribution in [0.5, 0.6) is 0 Å². The van der Waals surface area contributed by atoms with Crippen molar-refractivity contribution in [2.45, 2.75) is 90.8 Å². The van der Waals surface area contributed by atoms with Crippen LogP contribution in [0.2, 0.25) is 0 Å². The SMILES string of the molecule is Cc1cnc(C(=O)N[C@H](C(=O)N[C@@H](Cc2ccccc2)[C@H](O)[C@H](O)[C@H](Cc2ccccc2)NC(=O)[C@@H](NC(=O)c2cnc(C)cn2)C(C)C)C(C)C)cn1. The quantitative estimate of drug-likeness (QED) is 0.0932. The van der Waals surface area contributed by atoms with Crippen molar-refractivity contribution in [3.05, 3.63) is 119 Å². The number of aliphatic hydroxyl groups excluding tert-OH is 2. The number of hydrogen-bond donors (Lipinski definition) is 6. The van der Waals surface area contributed by atoms with E-state index in [9.17, 15) is 29.4 Å². The number of amides is 4. The van der Waals surface area contributed by atoms with E-state index in [2.05, 4.69) is 41.2 Å². The van der Waals surface area contributed by atoms with Gasteiger partial charge in [-0.1, -0.05) is 88.4 Å². The summed E-state index contributed by atoms with van der Waals surface area (Å²) in [7, 11) is 0. The van der Waals surface area contributed by atoms with E-state index in [0.717, 1.165) is 11.1 Å². The summed E-state index contributed by atoms with van der Waals surface area (Å²) in [5.74, 6) is -3.10. The van der Waals surface area contributed by atoms with E-state index in [-0.39, 0.29) is 36.1 Å². The fourth-order valence-corrected chi connectivity index (χ4v) is 5.79. The molecule has 0 aliphatic rings. The minimum Gasteiger partial charge on any atom is -0.388 e. The van der Waals surface area contributed by atoms with Crippen LogP contribution in [-0.2, 0) is 22.4 Å². The van der Waals surface area contributed by atoms with Gasteiger partial charge in [-0.15, -0.1) is 0 Å². The van der Waals surface area contributed by atoms with Crippen LogP contribution in [0.15, 0.2) is 85.5 Å². The lowest BCUT2D eigenvalue weighted by Crippen LogP contribution is -2.61. The molecular formula is C40H50N8O6. The third kappa shape index (κ3) is 11.7. The van der Waals surface area contributed by atoms with Gasteiger partial charge in [-0.3, -0.25) is 29.1 Å². The second-order valence-corrected chi connectivity index (χ2v) is 14.1. The number of aryl methyl sites for hydroxylation is 2. The second-order valence-electron chi connectivity index (χ2n) is 14.1. The summed E-state index contributed by atoms with van der Waals surface area (Å²) < 4.78 is 0. The highest BCUT2D eigenvalue weighted by Gasteiger charge is 2.37. The van der Waals surface area contributed by atoms with Crippen LogP contribution >= 0.6 is 0 Å². The molecule has 0 aliphatic heterocycles. The Kier molecular flexibility index (Phi) is 14.8. The molecule has 14 heteroatoms. The van der Waals surface area contributed by atoms with Crippen LogP contribution < -0.4 is 21.3 Å². The van der Waals surface area contributed by atoms with Crippen LogP contribution in [0.4, 0.5) is 0 Å². The Balaban J connectivity index is 1.60. The first-order chi connectivity index (χ1) is 25.7. The molecule has 2 heterocycles. The van der Waals surface area contributed by atoms with Gasteiger partial charge in [0.15, 0.2) is 0 Å². The van der Waals surface area contributed by atoms with E-state index >= 15 is 0 Å². The van der Waals surface area contributed by atoms with Gasteiger partial charge in [0.25, 0.3) is 11.8 Å². The zero-order chi connectivity index (χ0) is 39.4. The van der Waals surface area contributed by atoms with Crippen LogP contribution in [0.1, 0.15) is 71.2 Å². The molecule has 0 bridgehead atoms. The Labute approximate surface area is 315 Å². The minimum absolute atomic E-state index is 0.0394. The standard InChI is InChI=1S/C40H50N8O6/c1-23(2)33(47-37(51)31-21-41-25(5)19-43-31)39(53)45-29(17-27-13-9-7-10-14-27)35(49)36(50)30(18-28-15-11-8-12-16-28)46-40(54)34(24(3)4)48-38(52)32-22-42-26(6)20-44-32/h7-16,19-24,29-30,33-36,49-50H,17-18H2,1-6H3,(H,45,53)(H,46,54)(H,47,51)(H,48,52)/t29-,30-,33-,34-,35-,36+/m0/s1. The summed E-state index contributed by atoms with van der Waals surface area (Å²) in [6.45, 7) is 10.6. The number of aromatic nitrogens is 4. The summed E-state index contributed by atoms with van der Waals surface area (Å²) >= 11 is 0. The smallest absolute Gasteiger partial charge is 0.272 e. The van der Waals surface area contributed by atoms with Gasteiger partial charge in [0.1, 0.15) is 35.7 Å². The first-order valence-electron chi connectivity index (χ1n) is 18.0. The molecule has 286 valence electrons. The van der Waals surface area contributed by atoms with Gasteiger partial charge in [0, 0.05) is 12.4 Å². The van der Waals surface area contributed by atoms with Crippen molar-refractivity contribution in [3.8, 4) is 0 Å². The minimum atomic E-state index is -1.61. The summed E-state index contributed by atoms with van der Waals surface area (Å²) in [5.41, 5.74) is 2.86. The maximum Gasteiger partial charge on any atom is 0.272 e. The summed E-state index contributed by atoms with van der Waals surface area (Å²) in [6, 6.07) is 14.1. The molecule has 0 aliphatic carbocycles. The van der Waals surface area contributed by atoms with Crippen LogP contribution in [-0.4, -0.2) is 90.2 Å². The van der Waals surface area contributed by atoms with Gasteiger partial charge in [-0.2, -0.15) is 0 Å². The third-order valence-electron chi connectivity index (χ3n) is 8.93. The fourth-order valence-electron chi connectivity index (χ4n) is 5.79. The first kappa shape index (κ1) is 41.2. The molecule has 54 heavy (non-hydrogen) atoms. The molecule has 0 unspecified atom stereocenters. The number of nitrogens with zero attached hydrogens (tertiary/aromatic N) is 4. The van der Waals surface area contributed by atoms with Crippen molar-refractivity contribution in [3.63, 3.8) is 0 Å². The van der Waals surface area contributed by atoms with E-state index in [0.29, 0.717) is 11.4 Å². The average molecular weight is 739 g/mol. The number of aliphatic hydroxyl groups is 2. The molecule has 6 N–H and O–H groups in total. The normalized spacial score (nSPS) is 14.6. The Morgan fingerprint density at radius 1 is 0.537 bits per heavy atom. The van der Waals surface area contributed by atoms with Gasteiger partial charge in [0.05, 0.1) is 35.9 Å². The molecule has 14 nitrogen and oxygen atoms in total. The largest absolute Gasteiger partial charge is 0.388 e. The van der Waals surface area contributed by atoms with Crippen molar-refractivity contribution in [1.82, 2.24) is 41.2 Å². The number of rotatable bonds is 17. The summed E-state index contributed by atoms with van der Waals surface area (Å²) in [5, 5.41) is 35.0. The Morgan fingerprint density at radius 2 is 0.889 bits per heavy atom. The summed E-state index contributed by atoms with van der Waals surface area (Å²) in [4.78, 5) is 70.4. The molecule has 0 spiro atoms. The molecule has 2 aromatic carbocycles. The second kappa shape index (κ2) is 19.5. The van der Waals surface area contributed by atoms with Gasteiger partial charge in [0.2, 0.25) is 11.8 Å². The van der Waals surface area contributed by atoms with E-state index in [1.165, 1.54) is 24.8 Å². The maximum atomic E-state index is 13.9. The Bertz CT molecular complexity index is 1690. The van der Waals surface area contributed by atoms with E-state index in [1.54, 1.807) is 41.5 Å². The van der Waals surface area contributed by atoms with Gasteiger partial charge in [-0.25, -0.2) is 9.97 Å². The maximum absolute atomic E-state index is 13.9. The zero-order valence-corrected chi connectivity index (χ0v) is 31.4. The van der Waals surface area contributed by atoms with Gasteiger partial charge in [-0.05, 0) is 49.7 Å². The van der Waals surface area contributed by atoms with E-state index in [4.69, 9.17) is 0 Å². The summed E-state index contributed by atoms with van der Waals surface area (Å²) in [6.07, 6.45) is 2.56. The molecule has 4 aromatic rings. The lowest BCUT2D eigenvalue weighted by atomic mass is 9.90. The van der Waals surface area contributed by atoms with Crippen molar-refractivity contribution >= 4 is 23.6 Å². The number of nitrogens with one attached hydrogen (secondary N) is 4. The predicted octanol–water partition coefficient (Wildman–Crippen LogP) is 2.27. The number of carbonyl (C=O) groups is 4. The highest BCUT2D eigenvalue weighted by Crippen LogP contribution is 2.17. The van der Waals surface area contributed by atoms with E-state index < -0.39 is 60.0 Å². The first-order valence-corrected chi connectivity index (χ1v) is 18.0. The topological polar surface area (TPSA) is 208 Å². The third-order valence-corrected chi connectivity index (χ3v) is 8.93. The molecule has 2 aromatic heterocycles.